The van der Waals surface area contributed by atoms with Crippen molar-refractivity contribution in [3.63, 3.8) is 0 Å². The zero-order valence-corrected chi connectivity index (χ0v) is 16.4. The number of hydrogen-bond acceptors (Lipinski definition) is 6. The van der Waals surface area contributed by atoms with Gasteiger partial charge in [-0.15, -0.1) is 11.3 Å². The molecule has 1 saturated carbocycles. The van der Waals surface area contributed by atoms with E-state index in [1.807, 2.05) is 0 Å². The number of thiophene rings is 1. The first-order valence-corrected chi connectivity index (χ1v) is 10.5. The zero-order valence-electron chi connectivity index (χ0n) is 15.6. The van der Waals surface area contributed by atoms with E-state index in [1.165, 1.54) is 24.1 Å². The molecule has 2 aromatic rings. The summed E-state index contributed by atoms with van der Waals surface area (Å²) in [6.45, 7) is 2.65. The van der Waals surface area contributed by atoms with Gasteiger partial charge in [0.15, 0.2) is 5.82 Å². The molecule has 27 heavy (non-hydrogen) atoms. The lowest BCUT2D eigenvalue weighted by atomic mass is 9.73. The molecule has 2 aliphatic rings. The van der Waals surface area contributed by atoms with Gasteiger partial charge in [-0.2, -0.15) is 4.98 Å². The molecule has 1 aliphatic carbocycles. The van der Waals surface area contributed by atoms with Crippen molar-refractivity contribution in [2.45, 2.75) is 63.0 Å². The number of β-amino-alcohol motifs (C(OH)–C–C–N with tert-alkyl or cyclic N) is 1. The minimum Gasteiger partial charge on any atom is -0.391 e. The summed E-state index contributed by atoms with van der Waals surface area (Å²) in [6, 6.07) is 3.73. The third-order valence-corrected chi connectivity index (χ3v) is 6.92. The summed E-state index contributed by atoms with van der Waals surface area (Å²) in [6.07, 6.45) is 5.70. The Labute approximate surface area is 162 Å². The molecule has 0 unspecified atom stereocenters. The van der Waals surface area contributed by atoms with E-state index in [4.69, 9.17) is 4.52 Å². The Kier molecular flexibility index (Phi) is 5.19. The highest BCUT2D eigenvalue weighted by molar-refractivity contribution is 7.10. The molecule has 7 nitrogen and oxygen atoms in total. The molecule has 2 fully saturated rings. The molecule has 146 valence electrons. The van der Waals surface area contributed by atoms with Crippen LogP contribution in [0, 0.1) is 6.92 Å². The Balaban J connectivity index is 1.47. The number of rotatable bonds is 4. The number of urea groups is 1. The van der Waals surface area contributed by atoms with Gasteiger partial charge in [-0.05, 0) is 31.2 Å². The van der Waals surface area contributed by atoms with Gasteiger partial charge in [-0.3, -0.25) is 0 Å². The van der Waals surface area contributed by atoms with Crippen molar-refractivity contribution in [2.24, 2.45) is 0 Å². The second-order valence-corrected chi connectivity index (χ2v) is 8.66. The monoisotopic (exact) mass is 390 g/mol. The van der Waals surface area contributed by atoms with E-state index in [0.717, 1.165) is 12.8 Å². The summed E-state index contributed by atoms with van der Waals surface area (Å²) in [5, 5.41) is 19.2. The molecule has 3 heterocycles. The number of hydrogen-bond donors (Lipinski definition) is 2. The highest BCUT2D eigenvalue weighted by Gasteiger charge is 2.40. The molecule has 2 N–H and O–H groups in total. The lowest BCUT2D eigenvalue weighted by Crippen LogP contribution is -2.47. The van der Waals surface area contributed by atoms with E-state index in [9.17, 15) is 9.90 Å². The molecule has 2 amide bonds. The molecule has 2 atom stereocenters. The molecular formula is C19H26N4O3S. The second-order valence-electron chi connectivity index (χ2n) is 7.71. The number of carbonyl (C=O) groups excluding carboxylic acids is 1. The summed E-state index contributed by atoms with van der Waals surface area (Å²) in [5.41, 5.74) is 0.0248. The van der Waals surface area contributed by atoms with Crippen LogP contribution in [0.25, 0.3) is 0 Å². The summed E-state index contributed by atoms with van der Waals surface area (Å²) >= 11 is 1.77. The number of amides is 2. The van der Waals surface area contributed by atoms with Gasteiger partial charge in [-0.1, -0.05) is 30.5 Å². The average molecular weight is 391 g/mol. The number of likely N-dealkylation sites (tertiary alicyclic amines) is 1. The van der Waals surface area contributed by atoms with Crippen LogP contribution in [-0.2, 0) is 5.41 Å². The topological polar surface area (TPSA) is 91.5 Å². The highest BCUT2D eigenvalue weighted by Crippen LogP contribution is 2.41. The summed E-state index contributed by atoms with van der Waals surface area (Å²) in [7, 11) is 0. The van der Waals surface area contributed by atoms with Crippen molar-refractivity contribution < 1.29 is 14.4 Å². The minimum atomic E-state index is -0.575. The Morgan fingerprint density at radius 2 is 2.26 bits per heavy atom. The fraction of sp³-hybridized carbons (Fsp3) is 0.632. The summed E-state index contributed by atoms with van der Waals surface area (Å²) in [4.78, 5) is 20.2. The number of aliphatic hydroxyl groups is 1. The van der Waals surface area contributed by atoms with Crippen LogP contribution in [0.15, 0.2) is 22.0 Å². The molecule has 4 rings (SSSR count). The normalized spacial score (nSPS) is 24.9. The van der Waals surface area contributed by atoms with Crippen LogP contribution >= 0.6 is 11.3 Å². The smallest absolute Gasteiger partial charge is 0.318 e. The van der Waals surface area contributed by atoms with Gasteiger partial charge < -0.3 is 19.8 Å². The predicted octanol–water partition coefficient (Wildman–Crippen LogP) is 3.16. The molecule has 0 bridgehead atoms. The Bertz CT molecular complexity index is 770. The van der Waals surface area contributed by atoms with Gasteiger partial charge >= 0.3 is 6.03 Å². The number of aliphatic hydroxyl groups excluding tert-OH is 1. The Morgan fingerprint density at radius 1 is 1.44 bits per heavy atom. The van der Waals surface area contributed by atoms with E-state index < -0.39 is 6.10 Å². The van der Waals surface area contributed by atoms with Crippen molar-refractivity contribution in [2.75, 3.05) is 13.1 Å². The Morgan fingerprint density at radius 3 is 2.93 bits per heavy atom. The largest absolute Gasteiger partial charge is 0.391 e. The van der Waals surface area contributed by atoms with E-state index in [0.29, 0.717) is 24.7 Å². The number of aryl methyl sites for hydroxylation is 1. The van der Waals surface area contributed by atoms with Gasteiger partial charge in [-0.25, -0.2) is 4.79 Å². The summed E-state index contributed by atoms with van der Waals surface area (Å²) < 4.78 is 5.26. The molecule has 0 radical (unpaired) electrons. The molecule has 0 aromatic carbocycles. The fourth-order valence-corrected chi connectivity index (χ4v) is 5.37. The third-order valence-electron chi connectivity index (χ3n) is 5.80. The maximum Gasteiger partial charge on any atom is 0.318 e. The fourth-order valence-electron chi connectivity index (χ4n) is 4.39. The maximum atomic E-state index is 13.0. The first-order chi connectivity index (χ1) is 13.1. The number of nitrogens with zero attached hydrogens (tertiary/aromatic N) is 3. The molecule has 0 spiro atoms. The van der Waals surface area contributed by atoms with Gasteiger partial charge in [0.05, 0.1) is 6.10 Å². The first kappa shape index (κ1) is 18.4. The highest BCUT2D eigenvalue weighted by atomic mass is 32.1. The van der Waals surface area contributed by atoms with Gasteiger partial charge in [0.2, 0.25) is 5.89 Å². The van der Waals surface area contributed by atoms with Crippen molar-refractivity contribution in [3.8, 4) is 0 Å². The quantitative estimate of drug-likeness (QED) is 0.837. The number of carbonyl (C=O) groups is 1. The standard InChI is InChI=1S/C19H26N4O3S/c1-13-21-17(26-22-13)15-10-14(24)11-23(15)18(25)20-12-19(7-3-2-4-8-19)16-6-5-9-27-16/h5-6,9,14-15,24H,2-4,7-8,10-12H2,1H3,(H,20,25)/t14-,15+/m0/s1. The number of nitrogens with one attached hydrogen (secondary N) is 1. The van der Waals surface area contributed by atoms with Crippen LogP contribution in [-0.4, -0.2) is 45.4 Å². The van der Waals surface area contributed by atoms with Crippen molar-refractivity contribution in [1.82, 2.24) is 20.4 Å². The van der Waals surface area contributed by atoms with Crippen LogP contribution in [0.2, 0.25) is 0 Å². The maximum absolute atomic E-state index is 13.0. The van der Waals surface area contributed by atoms with Crippen molar-refractivity contribution in [1.29, 1.82) is 0 Å². The van der Waals surface area contributed by atoms with Gasteiger partial charge in [0.1, 0.15) is 6.04 Å². The summed E-state index contributed by atoms with van der Waals surface area (Å²) in [5.74, 6) is 0.926. The Hall–Kier alpha value is -1.93. The van der Waals surface area contributed by atoms with E-state index >= 15 is 0 Å². The molecule has 2 aromatic heterocycles. The third kappa shape index (κ3) is 3.73. The SMILES string of the molecule is Cc1noc([C@H]2C[C@H](O)CN2C(=O)NCC2(c3cccs3)CCCCC2)n1. The van der Waals surface area contributed by atoms with Crippen LogP contribution in [0.3, 0.4) is 0 Å². The molecular weight excluding hydrogens is 364 g/mol. The minimum absolute atomic E-state index is 0.0248. The van der Waals surface area contributed by atoms with Gasteiger partial charge in [0.25, 0.3) is 0 Å². The van der Waals surface area contributed by atoms with E-state index in [-0.39, 0.29) is 24.0 Å². The van der Waals surface area contributed by atoms with Gasteiger partial charge in [0, 0.05) is 29.8 Å². The predicted molar refractivity (Wildman–Crippen MR) is 102 cm³/mol. The first-order valence-electron chi connectivity index (χ1n) is 9.64. The van der Waals surface area contributed by atoms with Crippen LogP contribution in [0.4, 0.5) is 4.79 Å². The van der Waals surface area contributed by atoms with Crippen LogP contribution in [0.1, 0.15) is 61.2 Å². The second kappa shape index (κ2) is 7.59. The molecule has 8 heteroatoms. The van der Waals surface area contributed by atoms with Crippen molar-refractivity contribution in [3.05, 3.63) is 34.1 Å². The van der Waals surface area contributed by atoms with Crippen LogP contribution < -0.4 is 5.32 Å². The van der Waals surface area contributed by atoms with E-state index in [1.54, 1.807) is 23.2 Å². The zero-order chi connectivity index (χ0) is 18.9. The lowest BCUT2D eigenvalue weighted by molar-refractivity contribution is 0.163. The molecule has 1 saturated heterocycles. The molecule has 1 aliphatic heterocycles. The number of aromatic nitrogens is 2. The lowest BCUT2D eigenvalue weighted by Gasteiger charge is -2.37. The van der Waals surface area contributed by atoms with E-state index in [2.05, 4.69) is 33.0 Å². The van der Waals surface area contributed by atoms with Crippen molar-refractivity contribution >= 4 is 17.4 Å². The average Bonchev–Trinajstić information content (AvgIpc) is 3.41. The van der Waals surface area contributed by atoms with Crippen LogP contribution in [0.5, 0.6) is 0 Å².